The SMILES string of the molecule is CCNC(=NCc1cccnc1OCC(F)(F)F)NCCOCCC(C)C.I. The van der Waals surface area contributed by atoms with Gasteiger partial charge >= 0.3 is 6.18 Å². The molecule has 0 bridgehead atoms. The van der Waals surface area contributed by atoms with Crippen LogP contribution in [0.15, 0.2) is 23.3 Å². The Kier molecular flexibility index (Phi) is 14.0. The molecule has 0 amide bonds. The lowest BCUT2D eigenvalue weighted by atomic mass is 10.1. The lowest BCUT2D eigenvalue weighted by Crippen LogP contribution is -2.39. The van der Waals surface area contributed by atoms with E-state index in [0.717, 1.165) is 6.42 Å². The minimum Gasteiger partial charge on any atom is -0.468 e. The second kappa shape index (κ2) is 14.7. The van der Waals surface area contributed by atoms with E-state index in [4.69, 9.17) is 9.47 Å². The molecule has 0 aliphatic rings. The van der Waals surface area contributed by atoms with Crippen molar-refractivity contribution in [3.63, 3.8) is 0 Å². The molecule has 0 spiro atoms. The van der Waals surface area contributed by atoms with E-state index in [9.17, 15) is 13.2 Å². The molecule has 0 atom stereocenters. The molecule has 6 nitrogen and oxygen atoms in total. The first-order valence-electron chi connectivity index (χ1n) is 9.05. The molecular formula is C18H30F3IN4O2. The van der Waals surface area contributed by atoms with E-state index in [2.05, 4.69) is 34.5 Å². The lowest BCUT2D eigenvalue weighted by Gasteiger charge is -2.13. The minimum atomic E-state index is -4.41. The Morgan fingerprint density at radius 1 is 1.25 bits per heavy atom. The van der Waals surface area contributed by atoms with Crippen LogP contribution in [0.4, 0.5) is 13.2 Å². The van der Waals surface area contributed by atoms with Crippen LogP contribution in [0.3, 0.4) is 0 Å². The number of hydrogen-bond donors (Lipinski definition) is 2. The standard InChI is InChI=1S/C18H29F3N4O2.HI/c1-4-22-17(24-9-11-26-10-7-14(2)3)25-12-15-6-5-8-23-16(15)27-13-18(19,20)21;/h5-6,8,14H,4,7,9-13H2,1-3H3,(H2,22,24,25);1H. The number of hydrogen-bond acceptors (Lipinski definition) is 4. The summed E-state index contributed by atoms with van der Waals surface area (Å²) in [5.74, 6) is 1.09. The molecule has 0 radical (unpaired) electrons. The number of halogens is 4. The van der Waals surface area contributed by atoms with Gasteiger partial charge in [0.15, 0.2) is 12.6 Å². The van der Waals surface area contributed by atoms with Gasteiger partial charge < -0.3 is 20.1 Å². The van der Waals surface area contributed by atoms with Crippen LogP contribution in [0, 0.1) is 5.92 Å². The number of ether oxygens (including phenoxy) is 2. The third-order valence-electron chi connectivity index (χ3n) is 3.35. The van der Waals surface area contributed by atoms with Crippen molar-refractivity contribution in [3.8, 4) is 5.88 Å². The number of alkyl halides is 3. The van der Waals surface area contributed by atoms with Crippen LogP contribution in [0.5, 0.6) is 5.88 Å². The van der Waals surface area contributed by atoms with Crippen molar-refractivity contribution in [2.24, 2.45) is 10.9 Å². The predicted octanol–water partition coefficient (Wildman–Crippen LogP) is 3.76. The largest absolute Gasteiger partial charge is 0.468 e. The second-order valence-electron chi connectivity index (χ2n) is 6.29. The van der Waals surface area contributed by atoms with Crippen molar-refractivity contribution in [2.75, 3.05) is 32.9 Å². The summed E-state index contributed by atoms with van der Waals surface area (Å²) in [6.45, 7) is 7.46. The maximum atomic E-state index is 12.3. The molecule has 1 aromatic heterocycles. The quantitative estimate of drug-likeness (QED) is 0.202. The van der Waals surface area contributed by atoms with Crippen molar-refractivity contribution in [1.29, 1.82) is 0 Å². The maximum Gasteiger partial charge on any atom is 0.422 e. The molecule has 162 valence electrons. The lowest BCUT2D eigenvalue weighted by molar-refractivity contribution is -0.154. The summed E-state index contributed by atoms with van der Waals surface area (Å²) in [7, 11) is 0. The Morgan fingerprint density at radius 3 is 2.64 bits per heavy atom. The zero-order valence-corrected chi connectivity index (χ0v) is 18.8. The van der Waals surface area contributed by atoms with E-state index in [1.807, 2.05) is 6.92 Å². The van der Waals surface area contributed by atoms with Gasteiger partial charge in [-0.05, 0) is 25.3 Å². The third-order valence-corrected chi connectivity index (χ3v) is 3.35. The van der Waals surface area contributed by atoms with Crippen LogP contribution in [0.1, 0.15) is 32.8 Å². The summed E-state index contributed by atoms with van der Waals surface area (Å²) in [6, 6.07) is 3.27. The van der Waals surface area contributed by atoms with Crippen molar-refractivity contribution >= 4 is 29.9 Å². The highest BCUT2D eigenvalue weighted by Crippen LogP contribution is 2.20. The molecule has 0 aliphatic heterocycles. The van der Waals surface area contributed by atoms with Gasteiger partial charge in [0, 0.05) is 31.5 Å². The first-order chi connectivity index (χ1) is 12.8. The highest BCUT2D eigenvalue weighted by atomic mass is 127. The number of nitrogens with zero attached hydrogens (tertiary/aromatic N) is 2. The molecule has 0 fully saturated rings. The van der Waals surface area contributed by atoms with Crippen LogP contribution >= 0.6 is 24.0 Å². The summed E-state index contributed by atoms with van der Waals surface area (Å²) in [5.41, 5.74) is 0.479. The van der Waals surface area contributed by atoms with E-state index in [1.54, 1.807) is 12.1 Å². The van der Waals surface area contributed by atoms with Crippen molar-refractivity contribution in [1.82, 2.24) is 15.6 Å². The summed E-state index contributed by atoms with van der Waals surface area (Å²) in [4.78, 5) is 8.24. The predicted molar refractivity (Wildman–Crippen MR) is 114 cm³/mol. The van der Waals surface area contributed by atoms with Crippen LogP contribution in [0.25, 0.3) is 0 Å². The molecule has 0 aromatic carbocycles. The Hall–Kier alpha value is -1.30. The Morgan fingerprint density at radius 2 is 2.00 bits per heavy atom. The molecule has 0 unspecified atom stereocenters. The number of rotatable bonds is 11. The molecule has 0 saturated carbocycles. The van der Waals surface area contributed by atoms with Gasteiger partial charge in [0.25, 0.3) is 0 Å². The average molecular weight is 518 g/mol. The van der Waals surface area contributed by atoms with E-state index in [1.165, 1.54) is 6.20 Å². The van der Waals surface area contributed by atoms with Crippen LogP contribution < -0.4 is 15.4 Å². The third kappa shape index (κ3) is 13.0. The Bertz CT molecular complexity index is 572. The number of aromatic nitrogens is 1. The maximum absolute atomic E-state index is 12.3. The van der Waals surface area contributed by atoms with E-state index in [0.29, 0.717) is 43.7 Å². The van der Waals surface area contributed by atoms with E-state index < -0.39 is 12.8 Å². The molecule has 1 rings (SSSR count). The fourth-order valence-corrected chi connectivity index (χ4v) is 1.99. The molecule has 1 heterocycles. The molecular weight excluding hydrogens is 488 g/mol. The molecule has 28 heavy (non-hydrogen) atoms. The number of aliphatic imine (C=N–C) groups is 1. The summed E-state index contributed by atoms with van der Waals surface area (Å²) >= 11 is 0. The zero-order chi connectivity index (χ0) is 20.1. The zero-order valence-electron chi connectivity index (χ0n) is 16.5. The molecule has 2 N–H and O–H groups in total. The normalized spacial score (nSPS) is 11.9. The van der Waals surface area contributed by atoms with Crippen LogP contribution in [-0.4, -0.2) is 50.0 Å². The molecule has 1 aromatic rings. The van der Waals surface area contributed by atoms with Gasteiger partial charge in [0.05, 0.1) is 13.2 Å². The smallest absolute Gasteiger partial charge is 0.422 e. The first-order valence-corrected chi connectivity index (χ1v) is 9.05. The van der Waals surface area contributed by atoms with Gasteiger partial charge in [-0.2, -0.15) is 13.2 Å². The van der Waals surface area contributed by atoms with Crippen LogP contribution in [0.2, 0.25) is 0 Å². The monoisotopic (exact) mass is 518 g/mol. The van der Waals surface area contributed by atoms with Gasteiger partial charge in [-0.15, -0.1) is 24.0 Å². The number of pyridine rings is 1. The number of nitrogens with one attached hydrogen (secondary N) is 2. The molecule has 0 aliphatic carbocycles. The second-order valence-corrected chi connectivity index (χ2v) is 6.29. The Labute approximate surface area is 181 Å². The van der Waals surface area contributed by atoms with E-state index in [-0.39, 0.29) is 36.4 Å². The van der Waals surface area contributed by atoms with Crippen molar-refractivity contribution in [2.45, 2.75) is 39.9 Å². The number of guanidine groups is 1. The van der Waals surface area contributed by atoms with Gasteiger partial charge in [-0.3, -0.25) is 0 Å². The van der Waals surface area contributed by atoms with Crippen LogP contribution in [-0.2, 0) is 11.3 Å². The fraction of sp³-hybridized carbons (Fsp3) is 0.667. The van der Waals surface area contributed by atoms with Crippen molar-refractivity contribution in [3.05, 3.63) is 23.9 Å². The average Bonchev–Trinajstić information content (AvgIpc) is 2.60. The summed E-state index contributed by atoms with van der Waals surface area (Å²) < 4.78 is 47.4. The first kappa shape index (κ1) is 26.7. The summed E-state index contributed by atoms with van der Waals surface area (Å²) in [5, 5.41) is 6.21. The highest BCUT2D eigenvalue weighted by molar-refractivity contribution is 14.0. The molecule has 10 heteroatoms. The fourth-order valence-electron chi connectivity index (χ4n) is 1.99. The van der Waals surface area contributed by atoms with Gasteiger partial charge in [0.2, 0.25) is 5.88 Å². The van der Waals surface area contributed by atoms with Gasteiger partial charge in [-0.25, -0.2) is 9.98 Å². The topological polar surface area (TPSA) is 67.8 Å². The van der Waals surface area contributed by atoms with Gasteiger partial charge in [-0.1, -0.05) is 19.9 Å². The van der Waals surface area contributed by atoms with Crippen molar-refractivity contribution < 1.29 is 22.6 Å². The minimum absolute atomic E-state index is 0. The van der Waals surface area contributed by atoms with E-state index >= 15 is 0 Å². The highest BCUT2D eigenvalue weighted by Gasteiger charge is 2.29. The molecule has 0 saturated heterocycles. The summed E-state index contributed by atoms with van der Waals surface area (Å²) in [6.07, 6.45) is -2.02. The van der Waals surface area contributed by atoms with Gasteiger partial charge in [0.1, 0.15) is 0 Å². The Balaban J connectivity index is 0.00000729.